The van der Waals surface area contributed by atoms with Gasteiger partial charge in [0, 0.05) is 24.5 Å². The first-order valence-electron chi connectivity index (χ1n) is 27.6. The van der Waals surface area contributed by atoms with Gasteiger partial charge >= 0.3 is 11.4 Å². The van der Waals surface area contributed by atoms with Crippen molar-refractivity contribution in [3.8, 4) is 0 Å². The van der Waals surface area contributed by atoms with Gasteiger partial charge in [-0.2, -0.15) is 0 Å². The van der Waals surface area contributed by atoms with E-state index < -0.39 is 100 Å². The van der Waals surface area contributed by atoms with Crippen molar-refractivity contribution in [2.24, 2.45) is 0 Å². The molecule has 0 bridgehead atoms. The SMILES string of the molecule is CCCC[N+](CCCC)(CCCC)CCCC.CCCC[N+](CCCC)(CCCC)CCCC.O=c1ccn([C@@H]2O[C@H](COP(=O)([O-])OP(=O)([O-])OC[C@H]3O[C@@H](n4ccc(=O)[nH]c4=O)[C@H](O)[C@@H]3O)[C@@H](O)[C@H]2O)c(=O)[nH]1. The lowest BCUT2D eigenvalue weighted by atomic mass is 10.1. The van der Waals surface area contributed by atoms with Gasteiger partial charge in [-0.05, 0) is 51.4 Å². The molecule has 2 unspecified atom stereocenters. The number of quaternary nitrogens is 2. The monoisotopic (exact) mass is 1110 g/mol. The number of H-pyrrole nitrogens is 2. The van der Waals surface area contributed by atoms with E-state index in [0.29, 0.717) is 9.13 Å². The van der Waals surface area contributed by atoms with Crippen molar-refractivity contribution in [1.29, 1.82) is 0 Å². The van der Waals surface area contributed by atoms with Crippen molar-refractivity contribution >= 4 is 15.6 Å². The summed E-state index contributed by atoms with van der Waals surface area (Å²) in [6.07, 6.45) is 10.4. The summed E-state index contributed by atoms with van der Waals surface area (Å²) in [6.45, 7) is 27.8. The summed E-state index contributed by atoms with van der Waals surface area (Å²) in [5.41, 5.74) is -3.55. The first-order valence-corrected chi connectivity index (χ1v) is 30.5. The molecule has 2 saturated heterocycles. The highest BCUT2D eigenvalue weighted by molar-refractivity contribution is 7.59. The summed E-state index contributed by atoms with van der Waals surface area (Å²) in [5.74, 6) is 0. The van der Waals surface area contributed by atoms with Gasteiger partial charge in [-0.15, -0.1) is 0 Å². The zero-order valence-corrected chi connectivity index (χ0v) is 47.9. The Morgan fingerprint density at radius 2 is 0.747 bits per heavy atom. The largest absolute Gasteiger partial charge is 0.756 e. The molecule has 0 radical (unpaired) electrons. The van der Waals surface area contributed by atoms with Gasteiger partial charge in [0.2, 0.25) is 0 Å². The summed E-state index contributed by atoms with van der Waals surface area (Å²) in [7, 11) is -11.5. The molecule has 436 valence electrons. The highest BCUT2D eigenvalue weighted by atomic mass is 31.3. The van der Waals surface area contributed by atoms with E-state index in [1.165, 1.54) is 164 Å². The van der Waals surface area contributed by atoms with Crippen molar-refractivity contribution in [1.82, 2.24) is 19.1 Å². The Morgan fingerprint density at radius 3 is 0.973 bits per heavy atom. The molecule has 4 rings (SSSR count). The third kappa shape index (κ3) is 23.3. The van der Waals surface area contributed by atoms with Gasteiger partial charge in [0.1, 0.15) is 36.6 Å². The second kappa shape index (κ2) is 35.0. The highest BCUT2D eigenvalue weighted by Crippen LogP contribution is 2.56. The summed E-state index contributed by atoms with van der Waals surface area (Å²) in [5, 5.41) is 40.6. The van der Waals surface area contributed by atoms with Crippen LogP contribution in [0.3, 0.4) is 0 Å². The summed E-state index contributed by atoms with van der Waals surface area (Å²) in [6, 6.07) is 1.83. The fraction of sp³-hybridized carbons (Fsp3) is 0.840. The molecule has 10 atom stereocenters. The lowest BCUT2D eigenvalue weighted by Gasteiger charge is -2.39. The number of nitrogens with one attached hydrogen (secondary N) is 2. The van der Waals surface area contributed by atoms with Crippen LogP contribution in [0.5, 0.6) is 0 Å². The van der Waals surface area contributed by atoms with Gasteiger partial charge in [-0.1, -0.05) is 107 Å². The first kappa shape index (κ1) is 68.4. The number of aromatic nitrogens is 4. The number of nitrogens with zero attached hydrogens (tertiary/aromatic N) is 4. The normalized spacial score (nSPS) is 23.4. The van der Waals surface area contributed by atoms with Gasteiger partial charge in [-0.25, -0.2) is 13.9 Å². The smallest absolute Gasteiger partial charge is 0.330 e. The molecule has 0 spiro atoms. The fourth-order valence-electron chi connectivity index (χ4n) is 9.24. The molecule has 25 heteroatoms. The van der Waals surface area contributed by atoms with E-state index in [9.17, 15) is 58.5 Å². The molecule has 2 fully saturated rings. The quantitative estimate of drug-likeness (QED) is 0.0420. The van der Waals surface area contributed by atoms with Gasteiger partial charge in [0.15, 0.2) is 12.5 Å². The van der Waals surface area contributed by atoms with Crippen LogP contribution in [-0.4, -0.2) is 151 Å². The second-order valence-electron chi connectivity index (χ2n) is 20.0. The first-order chi connectivity index (χ1) is 35.6. The Morgan fingerprint density at radius 1 is 0.493 bits per heavy atom. The third-order valence-corrected chi connectivity index (χ3v) is 16.3. The zero-order chi connectivity index (χ0) is 56.2. The summed E-state index contributed by atoms with van der Waals surface area (Å²) in [4.78, 5) is 74.2. The number of unbranched alkanes of at least 4 members (excludes halogenated alkanes) is 8. The molecule has 2 aromatic heterocycles. The van der Waals surface area contributed by atoms with Gasteiger partial charge in [0.05, 0.1) is 65.6 Å². The van der Waals surface area contributed by atoms with Crippen LogP contribution in [-0.2, 0) is 32.0 Å². The van der Waals surface area contributed by atoms with E-state index in [0.717, 1.165) is 24.5 Å². The van der Waals surface area contributed by atoms with Crippen molar-refractivity contribution in [2.45, 2.75) is 207 Å². The van der Waals surface area contributed by atoms with Gasteiger partial charge in [0.25, 0.3) is 26.8 Å². The maximum Gasteiger partial charge on any atom is 0.330 e. The van der Waals surface area contributed by atoms with Crippen LogP contribution in [0.25, 0.3) is 0 Å². The highest BCUT2D eigenvalue weighted by Gasteiger charge is 2.46. The number of ether oxygens (including phenoxy) is 2. The Bertz CT molecular complexity index is 2000. The summed E-state index contributed by atoms with van der Waals surface area (Å²) >= 11 is 0. The molecule has 0 aliphatic carbocycles. The Kier molecular flexibility index (Phi) is 31.9. The minimum atomic E-state index is -5.75. The van der Waals surface area contributed by atoms with E-state index in [4.69, 9.17) is 9.47 Å². The number of aliphatic hydroxyl groups excluding tert-OH is 4. The predicted molar refractivity (Wildman–Crippen MR) is 281 cm³/mol. The second-order valence-corrected chi connectivity index (χ2v) is 23.0. The van der Waals surface area contributed by atoms with E-state index in [-0.39, 0.29) is 0 Å². The average Bonchev–Trinajstić information content (AvgIpc) is 3.82. The van der Waals surface area contributed by atoms with Crippen LogP contribution >= 0.6 is 15.6 Å². The Hall–Kier alpha value is -2.70. The number of aromatic amines is 2. The van der Waals surface area contributed by atoms with Crippen LogP contribution in [0.1, 0.15) is 171 Å². The molecule has 6 N–H and O–H groups in total. The maximum absolute atomic E-state index is 12.1. The molecule has 75 heavy (non-hydrogen) atoms. The Balaban J connectivity index is 0.000000468. The number of hydrogen-bond donors (Lipinski definition) is 6. The van der Waals surface area contributed by atoms with Gasteiger partial charge < -0.3 is 57.7 Å². The molecule has 4 heterocycles. The maximum atomic E-state index is 12.1. The molecule has 0 aromatic carbocycles. The molecule has 2 aliphatic rings. The van der Waals surface area contributed by atoms with Crippen LogP contribution in [0, 0.1) is 0 Å². The topological polar surface area (TPSA) is 317 Å². The van der Waals surface area contributed by atoms with E-state index in [1.54, 1.807) is 0 Å². The lowest BCUT2D eigenvalue weighted by molar-refractivity contribution is -0.929. The van der Waals surface area contributed by atoms with E-state index in [2.05, 4.69) is 68.7 Å². The van der Waals surface area contributed by atoms with Crippen LogP contribution in [0.2, 0.25) is 0 Å². The number of phosphoric acid groups is 2. The van der Waals surface area contributed by atoms with Crippen LogP contribution in [0.4, 0.5) is 0 Å². The van der Waals surface area contributed by atoms with Gasteiger partial charge in [-0.3, -0.25) is 37.8 Å². The number of rotatable bonds is 34. The molecular formula is C50H94N6O17P2. The molecule has 0 amide bonds. The van der Waals surface area contributed by atoms with E-state index in [1.807, 2.05) is 9.97 Å². The average molecular weight is 1110 g/mol. The molecule has 0 saturated carbocycles. The Labute approximate surface area is 443 Å². The minimum absolute atomic E-state index is 0.705. The van der Waals surface area contributed by atoms with Crippen molar-refractivity contribution in [3.63, 3.8) is 0 Å². The summed E-state index contributed by atoms with van der Waals surface area (Å²) < 4.78 is 51.6. The lowest BCUT2D eigenvalue weighted by Crippen LogP contribution is -2.50. The molecule has 23 nitrogen and oxygen atoms in total. The number of hydrogen-bond acceptors (Lipinski definition) is 17. The third-order valence-electron chi connectivity index (χ3n) is 13.8. The zero-order valence-electron chi connectivity index (χ0n) is 46.1. The fourth-order valence-corrected chi connectivity index (χ4v) is 11.3. The van der Waals surface area contributed by atoms with Crippen molar-refractivity contribution < 1.29 is 71.1 Å². The van der Waals surface area contributed by atoms with Crippen LogP contribution in [0.15, 0.2) is 43.7 Å². The minimum Gasteiger partial charge on any atom is -0.756 e. The molecule has 2 aliphatic heterocycles. The van der Waals surface area contributed by atoms with Crippen LogP contribution < -0.4 is 32.3 Å². The molecule has 2 aromatic rings. The van der Waals surface area contributed by atoms with E-state index >= 15 is 0 Å². The molecular weight excluding hydrogens is 1020 g/mol. The predicted octanol–water partition coefficient (Wildman–Crippen LogP) is 4.32. The standard InChI is InChI=1S/C18H24N4O17P2.2C16H36N/c23-9-1-3-21(17(29)19-9)15-13(27)11(25)7(37-15)5-35-40(31,32)39-41(33,34)36-6-8-12(26)14(28)16(38-8)22-4-2-10(24)20-18(22)30;2*1-5-9-13-17(14-10-6-2,15-11-7-3)16-12-8-4/h1-4,7-8,11-16,25-28H,5-6H2,(H,31,32)(H,33,34)(H,19,23,29)(H,20,24,30);2*5-16H2,1-4H3/q;2*+1/p-2/t7-,8-,11-,12-,13-,14-,15-,16-;;/m1../s1. The van der Waals surface area contributed by atoms with Crippen molar-refractivity contribution in [3.05, 3.63) is 66.2 Å². The number of aliphatic hydroxyl groups is 4. The number of phosphoric ester groups is 2. The van der Waals surface area contributed by atoms with Crippen molar-refractivity contribution in [2.75, 3.05) is 65.6 Å².